The molecule has 9 heteroatoms. The summed E-state index contributed by atoms with van der Waals surface area (Å²) in [6, 6.07) is 1.83. The minimum absolute atomic E-state index is 0.311. The summed E-state index contributed by atoms with van der Waals surface area (Å²) in [5.74, 6) is -10.5. The van der Waals surface area contributed by atoms with Crippen LogP contribution in [0.15, 0.2) is 12.1 Å². The van der Waals surface area contributed by atoms with Crippen LogP contribution in [0.25, 0.3) is 10.4 Å². The van der Waals surface area contributed by atoms with Crippen molar-refractivity contribution in [2.45, 2.75) is 0 Å². The lowest BCUT2D eigenvalue weighted by molar-refractivity contribution is -0.380. The standard InChI is InChI=1S/C10H2F5NO2S/c11-6-5(3-1-2-4(19-3)16(17)18)7(12)9(14)10(15)8(6)13/h1-2H. The molecule has 0 amide bonds. The van der Waals surface area contributed by atoms with Crippen molar-refractivity contribution in [3.8, 4) is 10.4 Å². The predicted molar refractivity (Wildman–Crippen MR) is 56.2 cm³/mol. The highest BCUT2D eigenvalue weighted by atomic mass is 32.1. The quantitative estimate of drug-likeness (QED) is 0.276. The molecule has 0 aliphatic rings. The van der Waals surface area contributed by atoms with E-state index in [4.69, 9.17) is 0 Å². The number of hydrogen-bond donors (Lipinski definition) is 0. The van der Waals surface area contributed by atoms with Crippen LogP contribution in [0.5, 0.6) is 0 Å². The van der Waals surface area contributed by atoms with Gasteiger partial charge in [0.1, 0.15) is 0 Å². The van der Waals surface area contributed by atoms with Gasteiger partial charge in [-0.25, -0.2) is 22.0 Å². The van der Waals surface area contributed by atoms with Gasteiger partial charge < -0.3 is 0 Å². The molecule has 0 aliphatic heterocycles. The van der Waals surface area contributed by atoms with Crippen molar-refractivity contribution in [3.63, 3.8) is 0 Å². The number of halogens is 5. The number of nitrogens with zero attached hydrogens (tertiary/aromatic N) is 1. The lowest BCUT2D eigenvalue weighted by Gasteiger charge is -2.05. The second-order valence-electron chi connectivity index (χ2n) is 3.34. The van der Waals surface area contributed by atoms with Crippen molar-refractivity contribution in [2.75, 3.05) is 0 Å². The highest BCUT2D eigenvalue weighted by molar-refractivity contribution is 7.18. The maximum absolute atomic E-state index is 13.4. The molecule has 3 nitrogen and oxygen atoms in total. The van der Waals surface area contributed by atoms with E-state index in [0.29, 0.717) is 11.3 Å². The van der Waals surface area contributed by atoms with Crippen LogP contribution in [-0.4, -0.2) is 4.92 Å². The Morgan fingerprint density at radius 3 is 1.79 bits per heavy atom. The number of benzene rings is 1. The van der Waals surface area contributed by atoms with Gasteiger partial charge in [-0.1, -0.05) is 11.3 Å². The highest BCUT2D eigenvalue weighted by Crippen LogP contribution is 2.37. The Morgan fingerprint density at radius 2 is 1.37 bits per heavy atom. The summed E-state index contributed by atoms with van der Waals surface area (Å²) >= 11 is 0.311. The van der Waals surface area contributed by atoms with Crippen LogP contribution in [0, 0.1) is 39.2 Å². The van der Waals surface area contributed by atoms with Gasteiger partial charge in [0.25, 0.3) is 0 Å². The maximum Gasteiger partial charge on any atom is 0.324 e. The summed E-state index contributed by atoms with van der Waals surface area (Å²) in [5, 5.41) is 9.95. The topological polar surface area (TPSA) is 43.1 Å². The SMILES string of the molecule is O=[N+]([O-])c1ccc(-c2c(F)c(F)c(F)c(F)c2F)s1. The van der Waals surface area contributed by atoms with E-state index in [-0.39, 0.29) is 0 Å². The molecular weight excluding hydrogens is 293 g/mol. The number of thiophene rings is 1. The first-order valence-electron chi connectivity index (χ1n) is 4.60. The number of hydrogen-bond acceptors (Lipinski definition) is 3. The van der Waals surface area contributed by atoms with E-state index in [0.717, 1.165) is 12.1 Å². The molecule has 0 unspecified atom stereocenters. The molecule has 0 radical (unpaired) electrons. The highest BCUT2D eigenvalue weighted by Gasteiger charge is 2.28. The lowest BCUT2D eigenvalue weighted by Crippen LogP contribution is -2.03. The molecule has 100 valence electrons. The van der Waals surface area contributed by atoms with Gasteiger partial charge in [-0.3, -0.25) is 10.1 Å². The molecule has 0 bridgehead atoms. The fourth-order valence-corrected chi connectivity index (χ4v) is 2.23. The third-order valence-corrected chi connectivity index (χ3v) is 3.28. The summed E-state index contributed by atoms with van der Waals surface area (Å²) in [7, 11) is 0. The van der Waals surface area contributed by atoms with Crippen molar-refractivity contribution >= 4 is 16.3 Å². The van der Waals surface area contributed by atoms with E-state index in [9.17, 15) is 32.1 Å². The van der Waals surface area contributed by atoms with Crippen LogP contribution in [0.1, 0.15) is 0 Å². The van der Waals surface area contributed by atoms with Crippen molar-refractivity contribution in [1.29, 1.82) is 0 Å². The van der Waals surface area contributed by atoms with Gasteiger partial charge in [-0.15, -0.1) is 0 Å². The summed E-state index contributed by atoms with van der Waals surface area (Å²) in [4.78, 5) is 9.17. The van der Waals surface area contributed by atoms with Crippen molar-refractivity contribution < 1.29 is 26.9 Å². The Balaban J connectivity index is 2.71. The Kier molecular flexibility index (Phi) is 3.23. The molecule has 2 aromatic rings. The van der Waals surface area contributed by atoms with Crippen LogP contribution in [0.3, 0.4) is 0 Å². The lowest BCUT2D eigenvalue weighted by atomic mass is 10.1. The summed E-state index contributed by atoms with van der Waals surface area (Å²) < 4.78 is 65.6. The molecule has 0 saturated heterocycles. The first-order chi connectivity index (χ1) is 8.84. The maximum atomic E-state index is 13.4. The average Bonchev–Trinajstić information content (AvgIpc) is 2.84. The van der Waals surface area contributed by atoms with Gasteiger partial charge in [0, 0.05) is 10.9 Å². The minimum atomic E-state index is -2.27. The van der Waals surface area contributed by atoms with Gasteiger partial charge in [0.15, 0.2) is 23.3 Å². The molecule has 0 aliphatic carbocycles. The fraction of sp³-hybridized carbons (Fsp3) is 0. The van der Waals surface area contributed by atoms with Crippen molar-refractivity contribution in [2.24, 2.45) is 0 Å². The largest absolute Gasteiger partial charge is 0.324 e. The third kappa shape index (κ3) is 2.05. The summed E-state index contributed by atoms with van der Waals surface area (Å²) in [6.45, 7) is 0. The van der Waals surface area contributed by atoms with Crippen molar-refractivity contribution in [3.05, 3.63) is 51.3 Å². The van der Waals surface area contributed by atoms with Crippen LogP contribution in [-0.2, 0) is 0 Å². The summed E-state index contributed by atoms with van der Waals surface area (Å²) in [5.41, 5.74) is -1.17. The van der Waals surface area contributed by atoms with Gasteiger partial charge >= 0.3 is 5.00 Å². The molecule has 2 rings (SSSR count). The third-order valence-electron chi connectivity index (χ3n) is 2.23. The monoisotopic (exact) mass is 295 g/mol. The Bertz CT molecular complexity index is 656. The molecular formula is C10H2F5NO2S. The first-order valence-corrected chi connectivity index (χ1v) is 5.42. The van der Waals surface area contributed by atoms with Gasteiger partial charge in [0.05, 0.1) is 10.5 Å². The molecule has 0 atom stereocenters. The second-order valence-corrected chi connectivity index (χ2v) is 4.40. The Labute approximate surface area is 106 Å². The van der Waals surface area contributed by atoms with Crippen LogP contribution < -0.4 is 0 Å². The summed E-state index contributed by atoms with van der Waals surface area (Å²) in [6.07, 6.45) is 0. The van der Waals surface area contributed by atoms with E-state index >= 15 is 0 Å². The van der Waals surface area contributed by atoms with Gasteiger partial charge in [-0.05, 0) is 6.07 Å². The number of rotatable bonds is 2. The zero-order valence-corrected chi connectivity index (χ0v) is 9.53. The molecule has 1 aromatic carbocycles. The van der Waals surface area contributed by atoms with Crippen LogP contribution in [0.4, 0.5) is 27.0 Å². The average molecular weight is 295 g/mol. The molecule has 0 saturated carbocycles. The molecule has 1 aromatic heterocycles. The number of nitro groups is 1. The Morgan fingerprint density at radius 1 is 0.895 bits per heavy atom. The van der Waals surface area contributed by atoms with E-state index in [1.165, 1.54) is 0 Å². The predicted octanol–water partition coefficient (Wildman–Crippen LogP) is 4.02. The zero-order valence-electron chi connectivity index (χ0n) is 8.72. The smallest absolute Gasteiger partial charge is 0.258 e. The molecule has 1 heterocycles. The van der Waals surface area contributed by atoms with Crippen molar-refractivity contribution in [1.82, 2.24) is 0 Å². The minimum Gasteiger partial charge on any atom is -0.258 e. The van der Waals surface area contributed by atoms with E-state index in [1.54, 1.807) is 0 Å². The van der Waals surface area contributed by atoms with E-state index in [2.05, 4.69) is 0 Å². The normalized spacial score (nSPS) is 10.8. The van der Waals surface area contributed by atoms with Crippen LogP contribution >= 0.6 is 11.3 Å². The Hall–Kier alpha value is -2.03. The molecule has 0 N–H and O–H groups in total. The van der Waals surface area contributed by atoms with E-state index in [1.807, 2.05) is 0 Å². The molecule has 19 heavy (non-hydrogen) atoms. The van der Waals surface area contributed by atoms with E-state index < -0.39 is 49.5 Å². The first kappa shape index (κ1) is 13.4. The van der Waals surface area contributed by atoms with Gasteiger partial charge in [0.2, 0.25) is 5.82 Å². The van der Waals surface area contributed by atoms with Crippen LogP contribution in [0.2, 0.25) is 0 Å². The van der Waals surface area contributed by atoms with Gasteiger partial charge in [-0.2, -0.15) is 0 Å². The molecule has 0 spiro atoms. The fourth-order valence-electron chi connectivity index (χ4n) is 1.38. The zero-order chi connectivity index (χ0) is 14.3. The molecule has 0 fully saturated rings. The second kappa shape index (κ2) is 4.57.